The van der Waals surface area contributed by atoms with Crippen LogP contribution in [-0.2, 0) is 14.6 Å². The summed E-state index contributed by atoms with van der Waals surface area (Å²) in [4.78, 5) is 8.65. The normalized spacial score (nSPS) is 19.0. The van der Waals surface area contributed by atoms with Crippen molar-refractivity contribution in [2.45, 2.75) is 23.8 Å². The summed E-state index contributed by atoms with van der Waals surface area (Å²) in [5, 5.41) is 3.94. The van der Waals surface area contributed by atoms with Gasteiger partial charge in [-0.15, -0.1) is 0 Å². The van der Waals surface area contributed by atoms with Gasteiger partial charge < -0.3 is 10.1 Å². The fourth-order valence-electron chi connectivity index (χ4n) is 2.42. The highest BCUT2D eigenvalue weighted by Crippen LogP contribution is 2.23. The number of nitrogens with one attached hydrogen (secondary N) is 1. The van der Waals surface area contributed by atoms with E-state index in [2.05, 4.69) is 15.3 Å². The molecule has 1 fully saturated rings. The summed E-state index contributed by atoms with van der Waals surface area (Å²) in [7, 11) is -3.25. The number of ether oxygens (including phenoxy) is 1. The minimum atomic E-state index is -3.25. The van der Waals surface area contributed by atoms with Crippen molar-refractivity contribution in [3.05, 3.63) is 24.5 Å². The lowest BCUT2D eigenvalue weighted by Crippen LogP contribution is -2.19. The second-order valence-corrected chi connectivity index (χ2v) is 7.21. The number of nitrogens with zero attached hydrogens (tertiary/aromatic N) is 2. The molecule has 112 valence electrons. The summed E-state index contributed by atoms with van der Waals surface area (Å²) in [5.74, 6) is 0.640. The van der Waals surface area contributed by atoms with E-state index < -0.39 is 9.84 Å². The van der Waals surface area contributed by atoms with Crippen LogP contribution in [0.1, 0.15) is 12.8 Å². The highest BCUT2D eigenvalue weighted by molar-refractivity contribution is 7.90. The molecule has 0 aliphatic carbocycles. The maximum Gasteiger partial charge on any atom is 0.175 e. The summed E-state index contributed by atoms with van der Waals surface area (Å²) in [6.45, 7) is 1.46. The maximum absolute atomic E-state index is 11.7. The molecule has 1 aliphatic heterocycles. The Balaban J connectivity index is 1.93. The molecule has 0 bridgehead atoms. The number of sulfone groups is 1. The summed E-state index contributed by atoms with van der Waals surface area (Å²) in [6.07, 6.45) is 4.96. The van der Waals surface area contributed by atoms with E-state index in [1.54, 1.807) is 18.2 Å². The highest BCUT2D eigenvalue weighted by atomic mass is 32.2. The fourth-order valence-corrected chi connectivity index (χ4v) is 3.07. The molecule has 1 aromatic heterocycles. The lowest BCUT2D eigenvalue weighted by molar-refractivity contribution is 0.120. The fraction of sp³-hybridized carbons (Fsp3) is 0.429. The third-order valence-corrected chi connectivity index (χ3v) is 4.67. The standard InChI is InChI=1S/C14H17N3O3S/c1-21(18,19)11-4-5-13-12(7-11)14(17-9-16-13)15-8-10-3-2-6-20-10/h4-5,7,9-10H,2-3,6,8H2,1H3,(H,15,16,17). The predicted molar refractivity (Wildman–Crippen MR) is 80.1 cm³/mol. The van der Waals surface area contributed by atoms with Gasteiger partial charge >= 0.3 is 0 Å². The van der Waals surface area contributed by atoms with E-state index in [-0.39, 0.29) is 11.0 Å². The van der Waals surface area contributed by atoms with Gasteiger partial charge in [-0.1, -0.05) is 0 Å². The molecule has 0 saturated carbocycles. The number of hydrogen-bond acceptors (Lipinski definition) is 6. The molecule has 6 nitrogen and oxygen atoms in total. The molecule has 2 aromatic rings. The molecule has 2 heterocycles. The molecule has 1 atom stereocenters. The van der Waals surface area contributed by atoms with Crippen LogP contribution < -0.4 is 5.32 Å². The van der Waals surface area contributed by atoms with Crippen LogP contribution in [0.25, 0.3) is 10.9 Å². The van der Waals surface area contributed by atoms with Crippen molar-refractivity contribution in [2.75, 3.05) is 24.7 Å². The van der Waals surface area contributed by atoms with Gasteiger partial charge in [0.15, 0.2) is 9.84 Å². The Hall–Kier alpha value is -1.73. The highest BCUT2D eigenvalue weighted by Gasteiger charge is 2.16. The Morgan fingerprint density at radius 1 is 1.38 bits per heavy atom. The van der Waals surface area contributed by atoms with Crippen molar-refractivity contribution in [3.8, 4) is 0 Å². The predicted octanol–water partition coefficient (Wildman–Crippen LogP) is 1.62. The molecule has 21 heavy (non-hydrogen) atoms. The average molecular weight is 307 g/mol. The van der Waals surface area contributed by atoms with Gasteiger partial charge in [-0.25, -0.2) is 18.4 Å². The minimum Gasteiger partial charge on any atom is -0.376 e. The number of aromatic nitrogens is 2. The average Bonchev–Trinajstić information content (AvgIpc) is 2.96. The Labute approximate surface area is 123 Å². The zero-order chi connectivity index (χ0) is 14.9. The number of fused-ring (bicyclic) bond motifs is 1. The largest absolute Gasteiger partial charge is 0.376 e. The monoisotopic (exact) mass is 307 g/mol. The van der Waals surface area contributed by atoms with Gasteiger partial charge in [-0.2, -0.15) is 0 Å². The van der Waals surface area contributed by atoms with E-state index in [9.17, 15) is 8.42 Å². The summed E-state index contributed by atoms with van der Waals surface area (Å²) >= 11 is 0. The van der Waals surface area contributed by atoms with Crippen LogP contribution in [0.15, 0.2) is 29.4 Å². The molecule has 1 saturated heterocycles. The van der Waals surface area contributed by atoms with Gasteiger partial charge in [0, 0.05) is 24.8 Å². The summed E-state index contributed by atoms with van der Waals surface area (Å²) in [6, 6.07) is 4.88. The number of anilines is 1. The van der Waals surface area contributed by atoms with Crippen LogP contribution in [0.5, 0.6) is 0 Å². The smallest absolute Gasteiger partial charge is 0.175 e. The van der Waals surface area contributed by atoms with E-state index >= 15 is 0 Å². The maximum atomic E-state index is 11.7. The number of hydrogen-bond donors (Lipinski definition) is 1. The Bertz CT molecular complexity index is 755. The first-order valence-electron chi connectivity index (χ1n) is 6.84. The molecule has 7 heteroatoms. The summed E-state index contributed by atoms with van der Waals surface area (Å²) in [5.41, 5.74) is 0.715. The van der Waals surface area contributed by atoms with E-state index in [1.807, 2.05) is 0 Å². The SMILES string of the molecule is CS(=O)(=O)c1ccc2ncnc(NCC3CCCO3)c2c1. The molecular weight excluding hydrogens is 290 g/mol. The van der Waals surface area contributed by atoms with Crippen molar-refractivity contribution in [1.82, 2.24) is 9.97 Å². The number of rotatable bonds is 4. The Kier molecular flexibility index (Phi) is 3.77. The second kappa shape index (κ2) is 5.57. The van der Waals surface area contributed by atoms with Crippen molar-refractivity contribution >= 4 is 26.6 Å². The molecule has 0 spiro atoms. The van der Waals surface area contributed by atoms with Gasteiger partial charge in [0.1, 0.15) is 12.1 Å². The number of benzene rings is 1. The molecule has 1 aliphatic rings. The van der Waals surface area contributed by atoms with Crippen LogP contribution in [-0.4, -0.2) is 43.9 Å². The van der Waals surface area contributed by atoms with Gasteiger partial charge in [0.05, 0.1) is 16.5 Å². The van der Waals surface area contributed by atoms with Gasteiger partial charge in [0.25, 0.3) is 0 Å². The zero-order valence-corrected chi connectivity index (χ0v) is 12.6. The first-order chi connectivity index (χ1) is 10.0. The van der Waals surface area contributed by atoms with Crippen LogP contribution in [0, 0.1) is 0 Å². The minimum absolute atomic E-state index is 0.188. The van der Waals surface area contributed by atoms with E-state index in [1.165, 1.54) is 12.6 Å². The topological polar surface area (TPSA) is 81.2 Å². The van der Waals surface area contributed by atoms with Crippen LogP contribution in [0.4, 0.5) is 5.82 Å². The van der Waals surface area contributed by atoms with Gasteiger partial charge in [-0.3, -0.25) is 0 Å². The van der Waals surface area contributed by atoms with Crippen LogP contribution >= 0.6 is 0 Å². The Morgan fingerprint density at radius 3 is 2.95 bits per heavy atom. The van der Waals surface area contributed by atoms with Crippen molar-refractivity contribution in [2.24, 2.45) is 0 Å². The first kappa shape index (κ1) is 14.2. The van der Waals surface area contributed by atoms with E-state index in [4.69, 9.17) is 4.74 Å². The quantitative estimate of drug-likeness (QED) is 0.924. The van der Waals surface area contributed by atoms with Crippen molar-refractivity contribution in [3.63, 3.8) is 0 Å². The molecule has 0 radical (unpaired) electrons. The van der Waals surface area contributed by atoms with Crippen LogP contribution in [0.3, 0.4) is 0 Å². The Morgan fingerprint density at radius 2 is 2.24 bits per heavy atom. The molecule has 1 aromatic carbocycles. The van der Waals surface area contributed by atoms with E-state index in [0.29, 0.717) is 23.3 Å². The van der Waals surface area contributed by atoms with Gasteiger partial charge in [0.2, 0.25) is 0 Å². The lowest BCUT2D eigenvalue weighted by atomic mass is 10.2. The van der Waals surface area contributed by atoms with Gasteiger partial charge in [-0.05, 0) is 31.0 Å². The van der Waals surface area contributed by atoms with E-state index in [0.717, 1.165) is 19.4 Å². The van der Waals surface area contributed by atoms with Crippen molar-refractivity contribution in [1.29, 1.82) is 0 Å². The zero-order valence-electron chi connectivity index (χ0n) is 11.7. The second-order valence-electron chi connectivity index (χ2n) is 5.19. The lowest BCUT2D eigenvalue weighted by Gasteiger charge is -2.13. The molecular formula is C14H17N3O3S. The molecule has 1 unspecified atom stereocenters. The summed E-state index contributed by atoms with van der Waals surface area (Å²) < 4.78 is 28.9. The molecule has 1 N–H and O–H groups in total. The van der Waals surface area contributed by atoms with Crippen molar-refractivity contribution < 1.29 is 13.2 Å². The third-order valence-electron chi connectivity index (χ3n) is 3.56. The molecule has 3 rings (SSSR count). The first-order valence-corrected chi connectivity index (χ1v) is 8.73. The third kappa shape index (κ3) is 3.14. The van der Waals surface area contributed by atoms with Crippen LogP contribution in [0.2, 0.25) is 0 Å². The molecule has 0 amide bonds.